The largest absolute Gasteiger partial charge is 0.394 e. The zero-order valence-electron chi connectivity index (χ0n) is 21.8. The van der Waals surface area contributed by atoms with Gasteiger partial charge in [-0.05, 0) is 12.8 Å². The molecule has 0 saturated heterocycles. The van der Waals surface area contributed by atoms with Crippen molar-refractivity contribution in [3.63, 3.8) is 0 Å². The fourth-order valence-electron chi connectivity index (χ4n) is 2.94. The molecule has 0 fully saturated rings. The Morgan fingerprint density at radius 2 is 1.28 bits per heavy atom. The van der Waals surface area contributed by atoms with Crippen molar-refractivity contribution in [2.75, 3.05) is 19.8 Å². The second kappa shape index (κ2) is 16.9. The molecule has 18 heteroatoms. The van der Waals surface area contributed by atoms with Crippen molar-refractivity contribution in [3.05, 3.63) is 0 Å². The Labute approximate surface area is 223 Å². The van der Waals surface area contributed by atoms with Crippen LogP contribution in [0.5, 0.6) is 0 Å². The molecule has 0 aliphatic carbocycles. The molecular weight excluding hydrogens is 524 g/mol. The van der Waals surface area contributed by atoms with Crippen LogP contribution in [0.3, 0.4) is 0 Å². The van der Waals surface area contributed by atoms with E-state index in [1.54, 1.807) is 13.8 Å². The van der Waals surface area contributed by atoms with E-state index in [2.05, 4.69) is 26.6 Å². The Kier molecular flexibility index (Phi) is 15.2. The van der Waals surface area contributed by atoms with E-state index in [0.717, 1.165) is 6.92 Å². The molecule has 0 spiro atoms. The lowest BCUT2D eigenvalue weighted by atomic mass is 10.0. The Bertz CT molecular complexity index is 913. The van der Waals surface area contributed by atoms with Crippen LogP contribution >= 0.6 is 0 Å². The third kappa shape index (κ3) is 12.5. The lowest BCUT2D eigenvalue weighted by Crippen LogP contribution is -2.61. The maximum Gasteiger partial charge on any atom is 0.245 e. The van der Waals surface area contributed by atoms with Gasteiger partial charge in [0, 0.05) is 0 Å². The number of rotatable bonds is 17. The van der Waals surface area contributed by atoms with Gasteiger partial charge in [0.15, 0.2) is 0 Å². The van der Waals surface area contributed by atoms with Crippen molar-refractivity contribution in [2.24, 2.45) is 23.1 Å². The number of amides is 7. The molecule has 39 heavy (non-hydrogen) atoms. The first-order valence-corrected chi connectivity index (χ1v) is 11.8. The lowest BCUT2D eigenvalue weighted by molar-refractivity contribution is -0.137. The molecular formula is C21H38N8O10. The highest BCUT2D eigenvalue weighted by molar-refractivity contribution is 5.97. The van der Waals surface area contributed by atoms with Crippen molar-refractivity contribution in [1.29, 1.82) is 0 Å². The van der Waals surface area contributed by atoms with Crippen LogP contribution in [0.1, 0.15) is 27.2 Å². The molecule has 0 heterocycles. The van der Waals surface area contributed by atoms with Gasteiger partial charge in [-0.2, -0.15) is 0 Å². The van der Waals surface area contributed by atoms with Gasteiger partial charge in [-0.15, -0.1) is 0 Å². The van der Waals surface area contributed by atoms with E-state index in [-0.39, 0.29) is 0 Å². The highest BCUT2D eigenvalue weighted by Gasteiger charge is 2.34. The summed E-state index contributed by atoms with van der Waals surface area (Å²) in [7, 11) is 0. The topological polar surface area (TPSA) is 318 Å². The summed E-state index contributed by atoms with van der Waals surface area (Å²) in [5.41, 5.74) is 15.6. The number of carbonyl (C=O) groups is 7. The minimum Gasteiger partial charge on any atom is -0.394 e. The average molecular weight is 563 g/mol. The molecule has 18 nitrogen and oxygen atoms in total. The number of nitrogens with two attached hydrogens (primary N) is 3. The quantitative estimate of drug-likeness (QED) is 0.0790. The Balaban J connectivity index is 5.52. The molecule has 0 unspecified atom stereocenters. The lowest BCUT2D eigenvalue weighted by Gasteiger charge is -2.27. The van der Waals surface area contributed by atoms with Crippen LogP contribution in [0.15, 0.2) is 0 Å². The van der Waals surface area contributed by atoms with Crippen LogP contribution in [-0.2, 0) is 33.6 Å². The van der Waals surface area contributed by atoms with Crippen LogP contribution in [0.25, 0.3) is 0 Å². The normalized spacial score (nSPS) is 15.5. The van der Waals surface area contributed by atoms with Gasteiger partial charge in [0.05, 0.1) is 32.3 Å². The van der Waals surface area contributed by atoms with E-state index < -0.39 is 110 Å². The van der Waals surface area contributed by atoms with E-state index in [1.165, 1.54) is 0 Å². The fraction of sp³-hybridized carbons (Fsp3) is 0.667. The van der Waals surface area contributed by atoms with Gasteiger partial charge < -0.3 is 59.1 Å². The minimum absolute atomic E-state index is 0.567. The van der Waals surface area contributed by atoms with E-state index in [0.29, 0.717) is 0 Å². The van der Waals surface area contributed by atoms with Gasteiger partial charge in [0.1, 0.15) is 30.2 Å². The average Bonchev–Trinajstić information content (AvgIpc) is 2.85. The molecule has 0 radical (unpaired) electrons. The van der Waals surface area contributed by atoms with Gasteiger partial charge >= 0.3 is 0 Å². The fourth-order valence-corrected chi connectivity index (χ4v) is 2.94. The maximum atomic E-state index is 12.9. The predicted molar refractivity (Wildman–Crippen MR) is 132 cm³/mol. The number of aliphatic hydroxyl groups excluding tert-OH is 3. The molecule has 14 N–H and O–H groups in total. The van der Waals surface area contributed by atoms with Crippen LogP contribution < -0.4 is 43.8 Å². The molecule has 0 aromatic rings. The van der Waals surface area contributed by atoms with Crippen molar-refractivity contribution in [2.45, 2.75) is 63.5 Å². The van der Waals surface area contributed by atoms with Gasteiger partial charge in [-0.1, -0.05) is 13.8 Å². The summed E-state index contributed by atoms with van der Waals surface area (Å²) < 4.78 is 0. The summed E-state index contributed by atoms with van der Waals surface area (Å²) in [4.78, 5) is 84.9. The molecule has 0 aromatic carbocycles. The number of hydrogen-bond donors (Lipinski definition) is 11. The standard InChI is InChI=1S/C21H38N8O10/c1-8(2)15(20(38)25-5-14(34)26-12(7-31)17(24)35)28-19(37)11(4-13(23)33)27-21(39)16(9(3)32)29-18(36)10(22)6-30/h8-12,15-16,30-32H,4-7,22H2,1-3H3,(H2,23,33)(H2,24,35)(H,25,38)(H,26,34)(H,27,39)(H,28,37)(H,29,36)/t9-,10+,11+,12+,15+,16+/m1/s1. The number of aliphatic hydroxyl groups is 3. The molecule has 0 rings (SSSR count). The second-order valence-corrected chi connectivity index (χ2v) is 8.90. The van der Waals surface area contributed by atoms with Crippen LogP contribution in [-0.4, -0.2) is 113 Å². The Morgan fingerprint density at radius 1 is 0.718 bits per heavy atom. The van der Waals surface area contributed by atoms with Crippen molar-refractivity contribution in [3.8, 4) is 0 Å². The molecule has 0 aliphatic heterocycles. The van der Waals surface area contributed by atoms with Crippen molar-refractivity contribution in [1.82, 2.24) is 26.6 Å². The third-order valence-electron chi connectivity index (χ3n) is 5.17. The zero-order chi connectivity index (χ0) is 30.4. The number of nitrogens with one attached hydrogen (secondary N) is 5. The first kappa shape index (κ1) is 35.1. The summed E-state index contributed by atoms with van der Waals surface area (Å²) in [5, 5.41) is 38.9. The van der Waals surface area contributed by atoms with Crippen molar-refractivity contribution >= 4 is 41.4 Å². The van der Waals surface area contributed by atoms with Crippen LogP contribution in [0.4, 0.5) is 0 Å². The van der Waals surface area contributed by atoms with E-state index in [9.17, 15) is 38.7 Å². The van der Waals surface area contributed by atoms with Gasteiger partial charge in [-0.3, -0.25) is 33.6 Å². The monoisotopic (exact) mass is 562 g/mol. The molecule has 7 amide bonds. The molecule has 0 aromatic heterocycles. The maximum absolute atomic E-state index is 12.9. The number of hydrogen-bond acceptors (Lipinski definition) is 11. The molecule has 0 bridgehead atoms. The van der Waals surface area contributed by atoms with Gasteiger partial charge in [-0.25, -0.2) is 0 Å². The number of carbonyl (C=O) groups excluding carboxylic acids is 7. The van der Waals surface area contributed by atoms with Crippen LogP contribution in [0, 0.1) is 5.92 Å². The summed E-state index contributed by atoms with van der Waals surface area (Å²) in [6.45, 7) is 2.09. The first-order valence-electron chi connectivity index (χ1n) is 11.8. The zero-order valence-corrected chi connectivity index (χ0v) is 21.8. The summed E-state index contributed by atoms with van der Waals surface area (Å²) in [6.07, 6.45) is -2.21. The third-order valence-corrected chi connectivity index (χ3v) is 5.17. The molecule has 6 atom stereocenters. The molecule has 0 aliphatic rings. The molecule has 222 valence electrons. The second-order valence-electron chi connectivity index (χ2n) is 8.90. The number of primary amides is 2. The van der Waals surface area contributed by atoms with E-state index in [4.69, 9.17) is 27.4 Å². The smallest absolute Gasteiger partial charge is 0.245 e. The van der Waals surface area contributed by atoms with Gasteiger partial charge in [0.2, 0.25) is 41.4 Å². The minimum atomic E-state index is -1.64. The summed E-state index contributed by atoms with van der Waals surface area (Å²) in [5.74, 6) is -7.38. The van der Waals surface area contributed by atoms with Crippen molar-refractivity contribution < 1.29 is 48.9 Å². The first-order chi connectivity index (χ1) is 18.0. The summed E-state index contributed by atoms with van der Waals surface area (Å²) in [6, 6.07) is -7.33. The Morgan fingerprint density at radius 3 is 1.72 bits per heavy atom. The highest BCUT2D eigenvalue weighted by Crippen LogP contribution is 2.05. The Hall–Kier alpha value is -3.87. The summed E-state index contributed by atoms with van der Waals surface area (Å²) >= 11 is 0. The predicted octanol–water partition coefficient (Wildman–Crippen LogP) is -7.25. The van der Waals surface area contributed by atoms with Crippen LogP contribution in [0.2, 0.25) is 0 Å². The van der Waals surface area contributed by atoms with E-state index >= 15 is 0 Å². The molecule has 0 saturated carbocycles. The van der Waals surface area contributed by atoms with Gasteiger partial charge in [0.25, 0.3) is 0 Å². The van der Waals surface area contributed by atoms with E-state index in [1.807, 2.05) is 0 Å². The highest BCUT2D eigenvalue weighted by atomic mass is 16.3. The SMILES string of the molecule is CC(C)[C@H](NC(=O)[C@H](CC(N)=O)NC(=O)[C@@H](NC(=O)[C@@H](N)CO)[C@@H](C)O)C(=O)NCC(=O)N[C@@H](CO)C(N)=O.